The normalized spacial score (nSPS) is 18.3. The number of nitrogens with two attached hydrogens (primary N) is 1. The van der Waals surface area contributed by atoms with Crippen molar-refractivity contribution < 1.29 is 9.59 Å². The molecule has 4 nitrogen and oxygen atoms in total. The fourth-order valence-corrected chi connectivity index (χ4v) is 2.28. The van der Waals surface area contributed by atoms with Gasteiger partial charge in [-0.25, -0.2) is 0 Å². The molecule has 0 spiro atoms. The molecule has 2 rings (SSSR count). The Hall–Kier alpha value is -1.84. The van der Waals surface area contributed by atoms with E-state index >= 15 is 0 Å². The molecule has 2 N–H and O–H groups in total. The molecule has 1 fully saturated rings. The lowest BCUT2D eigenvalue weighted by atomic mass is 9.98. The zero-order chi connectivity index (χ0) is 14.0. The summed E-state index contributed by atoms with van der Waals surface area (Å²) in [5, 5.41) is 0. The summed E-state index contributed by atoms with van der Waals surface area (Å²) in [4.78, 5) is 24.7. The summed E-state index contributed by atoms with van der Waals surface area (Å²) in [7, 11) is 0. The first-order valence-corrected chi connectivity index (χ1v) is 6.66. The number of rotatable bonds is 4. The highest BCUT2D eigenvalue weighted by molar-refractivity contribution is 5.89. The number of benzene rings is 1. The van der Waals surface area contributed by atoms with Gasteiger partial charge in [0.25, 0.3) is 0 Å². The summed E-state index contributed by atoms with van der Waals surface area (Å²) in [6, 6.07) is 7.66. The van der Waals surface area contributed by atoms with Crippen molar-refractivity contribution in [3.63, 3.8) is 0 Å². The van der Waals surface area contributed by atoms with E-state index in [1.54, 1.807) is 4.90 Å². The van der Waals surface area contributed by atoms with Crippen LogP contribution in [0.25, 0.3) is 0 Å². The van der Waals surface area contributed by atoms with Gasteiger partial charge in [-0.3, -0.25) is 9.59 Å². The highest BCUT2D eigenvalue weighted by Gasteiger charge is 2.35. The molecular weight excluding hydrogens is 240 g/mol. The molecule has 0 radical (unpaired) electrons. The first kappa shape index (κ1) is 13.6. The van der Waals surface area contributed by atoms with Gasteiger partial charge in [0, 0.05) is 6.54 Å². The molecule has 2 amide bonds. The van der Waals surface area contributed by atoms with Crippen molar-refractivity contribution in [1.82, 2.24) is 4.90 Å². The van der Waals surface area contributed by atoms with Gasteiger partial charge in [-0.15, -0.1) is 0 Å². The lowest BCUT2D eigenvalue weighted by molar-refractivity contribution is -0.145. The number of amides is 2. The maximum Gasteiger partial charge on any atom is 0.240 e. The molecular formula is C15H20N2O2. The zero-order valence-electron chi connectivity index (χ0n) is 11.4. The van der Waals surface area contributed by atoms with E-state index < -0.39 is 11.9 Å². The molecule has 1 aromatic carbocycles. The van der Waals surface area contributed by atoms with E-state index in [4.69, 9.17) is 5.73 Å². The van der Waals surface area contributed by atoms with Crippen LogP contribution in [0.5, 0.6) is 0 Å². The van der Waals surface area contributed by atoms with E-state index in [9.17, 15) is 9.59 Å². The number of likely N-dealkylation sites (tertiary alicyclic amines) is 1. The molecule has 1 heterocycles. The Morgan fingerprint density at radius 3 is 2.37 bits per heavy atom. The van der Waals surface area contributed by atoms with Gasteiger partial charge < -0.3 is 10.6 Å². The molecule has 1 aromatic rings. The number of primary amides is 1. The molecule has 4 heteroatoms. The third kappa shape index (κ3) is 2.95. The molecule has 1 aliphatic heterocycles. The van der Waals surface area contributed by atoms with Crippen LogP contribution >= 0.6 is 0 Å². The standard InChI is InChI=1S/C15H20N2O2/c1-10(2)12-5-3-11(4-6-12)9-14(18)17-8-7-13(17)15(16)19/h3-6,10,13H,7-9H2,1-2H3,(H2,16,19). The van der Waals surface area contributed by atoms with Gasteiger partial charge in [0.2, 0.25) is 11.8 Å². The molecule has 1 saturated heterocycles. The molecule has 102 valence electrons. The van der Waals surface area contributed by atoms with Gasteiger partial charge >= 0.3 is 0 Å². The predicted octanol–water partition coefficient (Wildman–Crippen LogP) is 1.44. The Balaban J connectivity index is 1.97. The number of carbonyl (C=O) groups excluding carboxylic acids is 2. The van der Waals surface area contributed by atoms with Crippen LogP contribution in [0, 0.1) is 0 Å². The van der Waals surface area contributed by atoms with Gasteiger partial charge in [0.1, 0.15) is 6.04 Å². The van der Waals surface area contributed by atoms with Crippen LogP contribution < -0.4 is 5.73 Å². The molecule has 0 saturated carbocycles. The van der Waals surface area contributed by atoms with Crippen LogP contribution in [-0.2, 0) is 16.0 Å². The average molecular weight is 260 g/mol. The summed E-state index contributed by atoms with van der Waals surface area (Å²) < 4.78 is 0. The SMILES string of the molecule is CC(C)c1ccc(CC(=O)N2CCC2C(N)=O)cc1. The highest BCUT2D eigenvalue weighted by Crippen LogP contribution is 2.19. The van der Waals surface area contributed by atoms with Crippen molar-refractivity contribution in [2.75, 3.05) is 6.54 Å². The summed E-state index contributed by atoms with van der Waals surface area (Å²) in [6.45, 7) is 4.91. The Morgan fingerprint density at radius 2 is 1.95 bits per heavy atom. The second-order valence-electron chi connectivity index (χ2n) is 5.37. The van der Waals surface area contributed by atoms with Crippen molar-refractivity contribution in [2.45, 2.75) is 38.6 Å². The number of hydrogen-bond donors (Lipinski definition) is 1. The van der Waals surface area contributed by atoms with E-state index in [-0.39, 0.29) is 5.91 Å². The summed E-state index contributed by atoms with van der Waals surface area (Å²) in [6.07, 6.45) is 1.02. The minimum absolute atomic E-state index is 0.0210. The quantitative estimate of drug-likeness (QED) is 0.890. The lowest BCUT2D eigenvalue weighted by Crippen LogP contribution is -2.57. The smallest absolute Gasteiger partial charge is 0.240 e. The highest BCUT2D eigenvalue weighted by atomic mass is 16.2. The molecule has 19 heavy (non-hydrogen) atoms. The largest absolute Gasteiger partial charge is 0.368 e. The maximum atomic E-state index is 12.0. The second kappa shape index (κ2) is 5.43. The summed E-state index contributed by atoms with van der Waals surface area (Å²) in [5.74, 6) is 0.0569. The molecule has 0 bridgehead atoms. The summed E-state index contributed by atoms with van der Waals surface area (Å²) >= 11 is 0. The fourth-order valence-electron chi connectivity index (χ4n) is 2.28. The minimum atomic E-state index is -0.408. The lowest BCUT2D eigenvalue weighted by Gasteiger charge is -2.38. The van der Waals surface area contributed by atoms with Gasteiger partial charge in [-0.1, -0.05) is 38.1 Å². The first-order valence-electron chi connectivity index (χ1n) is 6.66. The van der Waals surface area contributed by atoms with E-state index in [1.165, 1.54) is 5.56 Å². The predicted molar refractivity (Wildman–Crippen MR) is 73.5 cm³/mol. The monoisotopic (exact) mass is 260 g/mol. The van der Waals surface area contributed by atoms with Crippen molar-refractivity contribution in [2.24, 2.45) is 5.73 Å². The molecule has 1 atom stereocenters. The van der Waals surface area contributed by atoms with Crippen LogP contribution in [0.1, 0.15) is 37.3 Å². The Labute approximate surface area is 113 Å². The van der Waals surface area contributed by atoms with Gasteiger partial charge in [-0.2, -0.15) is 0 Å². The van der Waals surface area contributed by atoms with Gasteiger partial charge in [0.15, 0.2) is 0 Å². The molecule has 1 unspecified atom stereocenters. The topological polar surface area (TPSA) is 63.4 Å². The molecule has 1 aliphatic rings. The average Bonchev–Trinajstić information content (AvgIpc) is 2.27. The third-order valence-corrected chi connectivity index (χ3v) is 3.67. The van der Waals surface area contributed by atoms with Crippen molar-refractivity contribution >= 4 is 11.8 Å². The Bertz CT molecular complexity index is 479. The Morgan fingerprint density at radius 1 is 1.32 bits per heavy atom. The van der Waals surface area contributed by atoms with Gasteiger partial charge in [-0.05, 0) is 23.5 Å². The fraction of sp³-hybridized carbons (Fsp3) is 0.467. The van der Waals surface area contributed by atoms with Crippen molar-refractivity contribution in [3.8, 4) is 0 Å². The second-order valence-corrected chi connectivity index (χ2v) is 5.37. The van der Waals surface area contributed by atoms with Gasteiger partial charge in [0.05, 0.1) is 6.42 Å². The van der Waals surface area contributed by atoms with E-state index in [2.05, 4.69) is 26.0 Å². The van der Waals surface area contributed by atoms with E-state index in [1.807, 2.05) is 12.1 Å². The first-order chi connectivity index (χ1) is 8.99. The molecule has 0 aromatic heterocycles. The van der Waals surface area contributed by atoms with Crippen LogP contribution in [0.2, 0.25) is 0 Å². The minimum Gasteiger partial charge on any atom is -0.368 e. The summed E-state index contributed by atoms with van der Waals surface area (Å²) in [5.41, 5.74) is 7.48. The zero-order valence-corrected chi connectivity index (χ0v) is 11.4. The number of carbonyl (C=O) groups is 2. The Kier molecular flexibility index (Phi) is 3.88. The van der Waals surface area contributed by atoms with Crippen LogP contribution in [0.15, 0.2) is 24.3 Å². The van der Waals surface area contributed by atoms with Crippen LogP contribution in [0.3, 0.4) is 0 Å². The van der Waals surface area contributed by atoms with Crippen molar-refractivity contribution in [1.29, 1.82) is 0 Å². The third-order valence-electron chi connectivity index (χ3n) is 3.67. The maximum absolute atomic E-state index is 12.0. The number of hydrogen-bond acceptors (Lipinski definition) is 2. The van der Waals surface area contributed by atoms with Crippen LogP contribution in [0.4, 0.5) is 0 Å². The van der Waals surface area contributed by atoms with E-state index in [0.29, 0.717) is 25.3 Å². The molecule has 0 aliphatic carbocycles. The van der Waals surface area contributed by atoms with Crippen LogP contribution in [-0.4, -0.2) is 29.3 Å². The number of nitrogens with zero attached hydrogens (tertiary/aromatic N) is 1. The van der Waals surface area contributed by atoms with E-state index in [0.717, 1.165) is 5.56 Å². The van der Waals surface area contributed by atoms with Crippen molar-refractivity contribution in [3.05, 3.63) is 35.4 Å².